The molecule has 1 heterocycles. The lowest BCUT2D eigenvalue weighted by Gasteiger charge is -2.25. The van der Waals surface area contributed by atoms with Crippen LogP contribution in [0, 0.1) is 0 Å². The van der Waals surface area contributed by atoms with E-state index in [9.17, 15) is 9.18 Å². The van der Waals surface area contributed by atoms with Crippen molar-refractivity contribution >= 4 is 17.5 Å². The third-order valence-electron chi connectivity index (χ3n) is 1.82. The zero-order valence-corrected chi connectivity index (χ0v) is 6.84. The van der Waals surface area contributed by atoms with Crippen molar-refractivity contribution in [2.24, 2.45) is 0 Å². The van der Waals surface area contributed by atoms with E-state index in [1.54, 1.807) is 0 Å². The highest BCUT2D eigenvalue weighted by atomic mass is 32.2. The molecule has 1 nitrogen and oxygen atoms in total. The standard InChI is InChI=1S/C7H11FOS/c1-6(9)7(8)3-2-4-10-5-7/h2-5H2,1H3. The maximum Gasteiger partial charge on any atom is 0.177 e. The van der Waals surface area contributed by atoms with Crippen molar-refractivity contribution in [1.29, 1.82) is 0 Å². The summed E-state index contributed by atoms with van der Waals surface area (Å²) in [6.07, 6.45) is 1.26. The summed E-state index contributed by atoms with van der Waals surface area (Å²) in [5.41, 5.74) is -1.50. The molecule has 1 unspecified atom stereocenters. The van der Waals surface area contributed by atoms with Crippen molar-refractivity contribution in [1.82, 2.24) is 0 Å². The number of rotatable bonds is 1. The smallest absolute Gasteiger partial charge is 0.177 e. The van der Waals surface area contributed by atoms with Gasteiger partial charge in [0, 0.05) is 5.75 Å². The number of carbonyl (C=O) groups is 1. The molecule has 0 amide bonds. The van der Waals surface area contributed by atoms with Crippen molar-refractivity contribution in [3.05, 3.63) is 0 Å². The van der Waals surface area contributed by atoms with Gasteiger partial charge in [0.05, 0.1) is 0 Å². The van der Waals surface area contributed by atoms with Crippen molar-refractivity contribution < 1.29 is 9.18 Å². The zero-order valence-electron chi connectivity index (χ0n) is 6.02. The normalized spacial score (nSPS) is 33.8. The molecule has 0 saturated carbocycles. The summed E-state index contributed by atoms with van der Waals surface area (Å²) in [6.45, 7) is 1.34. The molecule has 0 aromatic rings. The first kappa shape index (κ1) is 8.05. The van der Waals surface area contributed by atoms with Crippen molar-refractivity contribution in [3.63, 3.8) is 0 Å². The first-order valence-electron chi connectivity index (χ1n) is 3.43. The van der Waals surface area contributed by atoms with Gasteiger partial charge in [0.25, 0.3) is 0 Å². The Labute approximate surface area is 64.4 Å². The van der Waals surface area contributed by atoms with Gasteiger partial charge in [0.1, 0.15) is 0 Å². The van der Waals surface area contributed by atoms with Crippen LogP contribution in [0.25, 0.3) is 0 Å². The van der Waals surface area contributed by atoms with Crippen LogP contribution in [0.15, 0.2) is 0 Å². The minimum Gasteiger partial charge on any atom is -0.296 e. The van der Waals surface area contributed by atoms with Gasteiger partial charge in [0.2, 0.25) is 0 Å². The van der Waals surface area contributed by atoms with Gasteiger partial charge in [-0.1, -0.05) is 0 Å². The van der Waals surface area contributed by atoms with Gasteiger partial charge >= 0.3 is 0 Å². The summed E-state index contributed by atoms with van der Waals surface area (Å²) in [5, 5.41) is 0. The van der Waals surface area contributed by atoms with E-state index in [4.69, 9.17) is 0 Å². The summed E-state index contributed by atoms with van der Waals surface area (Å²) in [6, 6.07) is 0. The largest absolute Gasteiger partial charge is 0.296 e. The Morgan fingerprint density at radius 2 is 2.40 bits per heavy atom. The predicted octanol–water partition coefficient (Wildman–Crippen LogP) is 1.81. The van der Waals surface area contributed by atoms with Crippen LogP contribution in [0.4, 0.5) is 4.39 Å². The molecular weight excluding hydrogens is 151 g/mol. The fraction of sp³-hybridized carbons (Fsp3) is 0.857. The number of halogens is 1. The average molecular weight is 162 g/mol. The van der Waals surface area contributed by atoms with E-state index in [0.29, 0.717) is 12.2 Å². The SMILES string of the molecule is CC(=O)C1(F)CCCSC1. The fourth-order valence-corrected chi connectivity index (χ4v) is 2.20. The Kier molecular flexibility index (Phi) is 2.34. The second-order valence-corrected chi connectivity index (χ2v) is 3.78. The Balaban J connectivity index is 2.56. The molecule has 1 atom stereocenters. The highest BCUT2D eigenvalue weighted by molar-refractivity contribution is 7.99. The molecule has 3 heteroatoms. The van der Waals surface area contributed by atoms with Crippen LogP contribution < -0.4 is 0 Å². The van der Waals surface area contributed by atoms with Crippen LogP contribution in [0.1, 0.15) is 19.8 Å². The number of hydrogen-bond donors (Lipinski definition) is 0. The molecule has 0 aromatic heterocycles. The highest BCUT2D eigenvalue weighted by Gasteiger charge is 2.36. The third kappa shape index (κ3) is 1.51. The Hall–Kier alpha value is -0.0500. The van der Waals surface area contributed by atoms with E-state index in [2.05, 4.69) is 0 Å². The quantitative estimate of drug-likeness (QED) is 0.585. The third-order valence-corrected chi connectivity index (χ3v) is 3.06. The Morgan fingerprint density at radius 1 is 1.70 bits per heavy atom. The topological polar surface area (TPSA) is 17.1 Å². The number of thioether (sulfide) groups is 1. The summed E-state index contributed by atoms with van der Waals surface area (Å²) >= 11 is 1.53. The van der Waals surface area contributed by atoms with Gasteiger partial charge in [0.15, 0.2) is 11.5 Å². The number of alkyl halides is 1. The summed E-state index contributed by atoms with van der Waals surface area (Å²) in [7, 11) is 0. The maximum absolute atomic E-state index is 13.3. The summed E-state index contributed by atoms with van der Waals surface area (Å²) < 4.78 is 13.3. The molecule has 1 aliphatic rings. The molecular formula is C7H11FOS. The van der Waals surface area contributed by atoms with Crippen molar-refractivity contribution in [2.45, 2.75) is 25.4 Å². The fourth-order valence-electron chi connectivity index (χ4n) is 1.04. The molecule has 0 N–H and O–H groups in total. The molecule has 0 spiro atoms. The first-order chi connectivity index (χ1) is 4.65. The minimum atomic E-state index is -1.50. The molecule has 0 aromatic carbocycles. The average Bonchev–Trinajstić information content (AvgIpc) is 1.89. The monoisotopic (exact) mass is 162 g/mol. The van der Waals surface area contributed by atoms with E-state index in [-0.39, 0.29) is 5.78 Å². The van der Waals surface area contributed by atoms with E-state index >= 15 is 0 Å². The molecule has 0 aliphatic carbocycles. The van der Waals surface area contributed by atoms with Gasteiger partial charge in [-0.25, -0.2) is 4.39 Å². The van der Waals surface area contributed by atoms with Crippen LogP contribution in [0.5, 0.6) is 0 Å². The lowest BCUT2D eigenvalue weighted by molar-refractivity contribution is -0.127. The highest BCUT2D eigenvalue weighted by Crippen LogP contribution is 2.30. The lowest BCUT2D eigenvalue weighted by Crippen LogP contribution is -2.37. The Morgan fingerprint density at radius 3 is 2.70 bits per heavy atom. The molecule has 1 fully saturated rings. The van der Waals surface area contributed by atoms with Gasteiger partial charge < -0.3 is 0 Å². The Bertz CT molecular complexity index is 141. The van der Waals surface area contributed by atoms with Crippen LogP contribution >= 0.6 is 11.8 Å². The van der Waals surface area contributed by atoms with E-state index in [1.807, 2.05) is 0 Å². The molecule has 1 saturated heterocycles. The number of Topliss-reactive ketones (excluding diaryl/α,β-unsaturated/α-hetero) is 1. The summed E-state index contributed by atoms with van der Waals surface area (Å²) in [5.74, 6) is 1.06. The van der Waals surface area contributed by atoms with Crippen molar-refractivity contribution in [2.75, 3.05) is 11.5 Å². The molecule has 10 heavy (non-hydrogen) atoms. The maximum atomic E-state index is 13.3. The second-order valence-electron chi connectivity index (χ2n) is 2.68. The number of carbonyl (C=O) groups excluding carboxylic acids is 1. The van der Waals surface area contributed by atoms with Gasteiger partial charge in [-0.15, -0.1) is 0 Å². The van der Waals surface area contributed by atoms with Crippen LogP contribution in [0.3, 0.4) is 0 Å². The molecule has 1 aliphatic heterocycles. The number of hydrogen-bond acceptors (Lipinski definition) is 2. The first-order valence-corrected chi connectivity index (χ1v) is 4.58. The van der Waals surface area contributed by atoms with E-state index in [1.165, 1.54) is 18.7 Å². The molecule has 0 bridgehead atoms. The van der Waals surface area contributed by atoms with Crippen LogP contribution in [-0.2, 0) is 4.79 Å². The van der Waals surface area contributed by atoms with Gasteiger partial charge in [-0.2, -0.15) is 11.8 Å². The zero-order chi connectivity index (χ0) is 7.61. The van der Waals surface area contributed by atoms with Gasteiger partial charge in [-0.3, -0.25) is 4.79 Å². The predicted molar refractivity (Wildman–Crippen MR) is 41.1 cm³/mol. The number of ketones is 1. The van der Waals surface area contributed by atoms with Gasteiger partial charge in [-0.05, 0) is 25.5 Å². The van der Waals surface area contributed by atoms with E-state index < -0.39 is 5.67 Å². The van der Waals surface area contributed by atoms with E-state index in [0.717, 1.165) is 12.2 Å². The lowest BCUT2D eigenvalue weighted by atomic mass is 9.98. The van der Waals surface area contributed by atoms with Crippen LogP contribution in [0.2, 0.25) is 0 Å². The molecule has 1 rings (SSSR count). The second kappa shape index (κ2) is 2.91. The summed E-state index contributed by atoms with van der Waals surface area (Å²) in [4.78, 5) is 10.7. The molecule has 0 radical (unpaired) electrons. The minimum absolute atomic E-state index is 0.306. The molecule has 58 valence electrons. The van der Waals surface area contributed by atoms with Crippen molar-refractivity contribution in [3.8, 4) is 0 Å². The van der Waals surface area contributed by atoms with Crippen LogP contribution in [-0.4, -0.2) is 23.0 Å².